The summed E-state index contributed by atoms with van der Waals surface area (Å²) in [6.45, 7) is 4.08. The van der Waals surface area contributed by atoms with Gasteiger partial charge in [-0.25, -0.2) is 9.97 Å². The van der Waals surface area contributed by atoms with Crippen molar-refractivity contribution in [2.45, 2.75) is 13.8 Å². The highest BCUT2D eigenvalue weighted by molar-refractivity contribution is 6.38. The molecule has 3 aromatic rings. The van der Waals surface area contributed by atoms with Crippen LogP contribution in [0.15, 0.2) is 48.5 Å². The molecule has 0 saturated carbocycles. The molecule has 0 atom stereocenters. The number of aryl methyl sites for hydroxylation is 1. The Bertz CT molecular complexity index is 825. The average Bonchev–Trinajstić information content (AvgIpc) is 2.52. The molecule has 0 fully saturated rings. The lowest BCUT2D eigenvalue weighted by Gasteiger charge is -2.13. The van der Waals surface area contributed by atoms with Gasteiger partial charge in [0.15, 0.2) is 0 Å². The highest BCUT2D eigenvalue weighted by Gasteiger charge is 2.16. The largest absolute Gasteiger partial charge is 0.324 e. The van der Waals surface area contributed by atoms with Crippen LogP contribution >= 0.6 is 23.2 Å². The Hall–Kier alpha value is -2.10. The van der Waals surface area contributed by atoms with Crippen LogP contribution in [0.1, 0.15) is 11.1 Å². The normalized spacial score (nSPS) is 10.6. The first kappa shape index (κ1) is 15.8. The SMILES string of the molecule is Cc1cccc(-c2c(Cl)nc(Nc3ccccc3)nc2Cl)c1C. The molecule has 5 heteroatoms. The second kappa shape index (κ2) is 6.57. The zero-order valence-corrected chi connectivity index (χ0v) is 14.3. The molecule has 1 aromatic heterocycles. The van der Waals surface area contributed by atoms with Gasteiger partial charge in [0.05, 0.1) is 5.56 Å². The van der Waals surface area contributed by atoms with E-state index in [0.29, 0.717) is 21.8 Å². The van der Waals surface area contributed by atoms with Gasteiger partial charge in [0.1, 0.15) is 10.3 Å². The first-order chi connectivity index (χ1) is 11.1. The van der Waals surface area contributed by atoms with E-state index < -0.39 is 0 Å². The molecule has 0 aliphatic heterocycles. The van der Waals surface area contributed by atoms with E-state index in [1.54, 1.807) is 0 Å². The van der Waals surface area contributed by atoms with Crippen LogP contribution in [0.25, 0.3) is 11.1 Å². The van der Waals surface area contributed by atoms with Crippen molar-refractivity contribution >= 4 is 34.8 Å². The zero-order valence-electron chi connectivity index (χ0n) is 12.8. The molecule has 0 radical (unpaired) electrons. The molecule has 0 saturated heterocycles. The minimum absolute atomic E-state index is 0.331. The molecular weight excluding hydrogens is 329 g/mol. The van der Waals surface area contributed by atoms with Gasteiger partial charge in [-0.15, -0.1) is 0 Å². The van der Waals surface area contributed by atoms with Gasteiger partial charge in [0.2, 0.25) is 5.95 Å². The highest BCUT2D eigenvalue weighted by Crippen LogP contribution is 2.36. The molecule has 116 valence electrons. The molecule has 0 bridgehead atoms. The predicted octanol–water partition coefficient (Wildman–Crippen LogP) is 5.81. The molecule has 0 aliphatic carbocycles. The minimum Gasteiger partial charge on any atom is -0.324 e. The van der Waals surface area contributed by atoms with Crippen molar-refractivity contribution in [2.75, 3.05) is 5.32 Å². The third kappa shape index (κ3) is 3.31. The number of nitrogens with one attached hydrogen (secondary N) is 1. The van der Waals surface area contributed by atoms with E-state index >= 15 is 0 Å². The van der Waals surface area contributed by atoms with E-state index in [9.17, 15) is 0 Å². The van der Waals surface area contributed by atoms with Crippen molar-refractivity contribution in [3.05, 3.63) is 70.0 Å². The van der Waals surface area contributed by atoms with Crippen molar-refractivity contribution in [1.29, 1.82) is 0 Å². The number of hydrogen-bond acceptors (Lipinski definition) is 3. The van der Waals surface area contributed by atoms with Gasteiger partial charge < -0.3 is 5.32 Å². The molecule has 0 spiro atoms. The second-order valence-corrected chi connectivity index (χ2v) is 5.96. The van der Waals surface area contributed by atoms with E-state index in [1.807, 2.05) is 62.4 Å². The quantitative estimate of drug-likeness (QED) is 0.609. The van der Waals surface area contributed by atoms with Crippen LogP contribution < -0.4 is 5.32 Å². The fraction of sp³-hybridized carbons (Fsp3) is 0.111. The summed E-state index contributed by atoms with van der Waals surface area (Å²) in [6.07, 6.45) is 0. The van der Waals surface area contributed by atoms with Crippen LogP contribution in [-0.4, -0.2) is 9.97 Å². The number of nitrogens with zero attached hydrogens (tertiary/aromatic N) is 2. The number of rotatable bonds is 3. The Labute approximate surface area is 145 Å². The van der Waals surface area contributed by atoms with Crippen LogP contribution in [0.5, 0.6) is 0 Å². The minimum atomic E-state index is 0.331. The maximum absolute atomic E-state index is 6.38. The summed E-state index contributed by atoms with van der Waals surface area (Å²) in [4.78, 5) is 8.67. The standard InChI is InChI=1S/C18H15Cl2N3/c1-11-7-6-10-14(12(11)2)15-16(19)22-18(23-17(15)20)21-13-8-4-3-5-9-13/h3-10H,1-2H3,(H,21,22,23). The second-order valence-electron chi connectivity index (χ2n) is 5.24. The van der Waals surface area contributed by atoms with E-state index in [1.165, 1.54) is 5.56 Å². The van der Waals surface area contributed by atoms with Crippen molar-refractivity contribution < 1.29 is 0 Å². The Kier molecular flexibility index (Phi) is 4.51. The van der Waals surface area contributed by atoms with E-state index in [4.69, 9.17) is 23.2 Å². The Morgan fingerprint density at radius 3 is 2.13 bits per heavy atom. The molecular formula is C18H15Cl2N3. The summed E-state index contributed by atoms with van der Waals surface area (Å²) >= 11 is 12.8. The molecule has 1 heterocycles. The van der Waals surface area contributed by atoms with Crippen LogP contribution in [0.3, 0.4) is 0 Å². The maximum atomic E-state index is 6.38. The average molecular weight is 344 g/mol. The number of aromatic nitrogens is 2. The van der Waals surface area contributed by atoms with Gasteiger partial charge >= 0.3 is 0 Å². The van der Waals surface area contributed by atoms with Crippen molar-refractivity contribution in [3.8, 4) is 11.1 Å². The van der Waals surface area contributed by atoms with Crippen LogP contribution in [0, 0.1) is 13.8 Å². The molecule has 23 heavy (non-hydrogen) atoms. The van der Waals surface area contributed by atoms with E-state index in [0.717, 1.165) is 16.8 Å². The topological polar surface area (TPSA) is 37.8 Å². The number of benzene rings is 2. The molecule has 0 unspecified atom stereocenters. The fourth-order valence-corrected chi connectivity index (χ4v) is 2.95. The first-order valence-corrected chi connectivity index (χ1v) is 7.93. The molecule has 0 aliphatic rings. The number of anilines is 2. The van der Waals surface area contributed by atoms with E-state index in [-0.39, 0.29) is 0 Å². The molecule has 2 aromatic carbocycles. The number of para-hydroxylation sites is 1. The van der Waals surface area contributed by atoms with Crippen molar-refractivity contribution in [1.82, 2.24) is 9.97 Å². The maximum Gasteiger partial charge on any atom is 0.230 e. The summed E-state index contributed by atoms with van der Waals surface area (Å²) in [5, 5.41) is 3.76. The molecule has 0 amide bonds. The molecule has 3 nitrogen and oxygen atoms in total. The summed E-state index contributed by atoms with van der Waals surface area (Å²) in [7, 11) is 0. The summed E-state index contributed by atoms with van der Waals surface area (Å²) in [5.41, 5.74) is 4.77. The van der Waals surface area contributed by atoms with E-state index in [2.05, 4.69) is 15.3 Å². The first-order valence-electron chi connectivity index (χ1n) is 7.18. The zero-order chi connectivity index (χ0) is 16.4. The highest BCUT2D eigenvalue weighted by atomic mass is 35.5. The van der Waals surface area contributed by atoms with Gasteiger partial charge in [0.25, 0.3) is 0 Å². The number of hydrogen-bond donors (Lipinski definition) is 1. The molecule has 3 rings (SSSR count). The predicted molar refractivity (Wildman–Crippen MR) is 96.7 cm³/mol. The van der Waals surface area contributed by atoms with Crippen molar-refractivity contribution in [3.63, 3.8) is 0 Å². The monoisotopic (exact) mass is 343 g/mol. The van der Waals surface area contributed by atoms with Crippen LogP contribution in [0.2, 0.25) is 10.3 Å². The summed E-state index contributed by atoms with van der Waals surface area (Å²) < 4.78 is 0. The fourth-order valence-electron chi connectivity index (χ4n) is 2.36. The van der Waals surface area contributed by atoms with Gasteiger partial charge in [-0.2, -0.15) is 0 Å². The van der Waals surface area contributed by atoms with Crippen LogP contribution in [-0.2, 0) is 0 Å². The Morgan fingerprint density at radius 2 is 1.48 bits per heavy atom. The van der Waals surface area contributed by atoms with Crippen molar-refractivity contribution in [2.24, 2.45) is 0 Å². The molecule has 1 N–H and O–H groups in total. The lowest BCUT2D eigenvalue weighted by Crippen LogP contribution is -2.00. The van der Waals surface area contributed by atoms with Gasteiger partial charge in [-0.1, -0.05) is 59.6 Å². The Morgan fingerprint density at radius 1 is 0.826 bits per heavy atom. The number of halogens is 2. The summed E-state index contributed by atoms with van der Waals surface area (Å²) in [6, 6.07) is 15.6. The lowest BCUT2D eigenvalue weighted by molar-refractivity contribution is 1.16. The third-order valence-corrected chi connectivity index (χ3v) is 4.27. The lowest BCUT2D eigenvalue weighted by atomic mass is 9.99. The smallest absolute Gasteiger partial charge is 0.230 e. The van der Waals surface area contributed by atoms with Crippen LogP contribution in [0.4, 0.5) is 11.6 Å². The third-order valence-electron chi connectivity index (χ3n) is 3.72. The summed E-state index contributed by atoms with van der Waals surface area (Å²) in [5.74, 6) is 0.375. The van der Waals surface area contributed by atoms with Gasteiger partial charge in [-0.05, 0) is 42.7 Å². The van der Waals surface area contributed by atoms with Gasteiger partial charge in [0, 0.05) is 5.69 Å². The van der Waals surface area contributed by atoms with Gasteiger partial charge in [-0.3, -0.25) is 0 Å². The Balaban J connectivity index is 2.03.